The number of nitrogens with zero attached hydrogens (tertiary/aromatic N) is 2. The molecule has 0 unspecified atom stereocenters. The van der Waals surface area contributed by atoms with Crippen LogP contribution in [-0.2, 0) is 4.79 Å². The zero-order valence-corrected chi connectivity index (χ0v) is 13.3. The summed E-state index contributed by atoms with van der Waals surface area (Å²) in [6.07, 6.45) is 3.45. The van der Waals surface area contributed by atoms with Crippen LogP contribution >= 0.6 is 0 Å². The average Bonchev–Trinajstić information content (AvgIpc) is 2.70. The molecule has 21 heavy (non-hydrogen) atoms. The zero-order chi connectivity index (χ0) is 15.6. The highest BCUT2D eigenvalue weighted by atomic mass is 16.2. The van der Waals surface area contributed by atoms with Crippen molar-refractivity contribution in [1.82, 2.24) is 0 Å². The molecule has 3 nitrogen and oxygen atoms in total. The lowest BCUT2D eigenvalue weighted by molar-refractivity contribution is -0.114. The van der Waals surface area contributed by atoms with Crippen molar-refractivity contribution in [3.63, 3.8) is 0 Å². The number of hydrogen-bond donors (Lipinski definition) is 0. The summed E-state index contributed by atoms with van der Waals surface area (Å²) in [6, 6.07) is 6.20. The van der Waals surface area contributed by atoms with Crippen molar-refractivity contribution >= 4 is 17.3 Å². The fourth-order valence-corrected chi connectivity index (χ4v) is 2.63. The molecule has 0 aliphatic carbocycles. The summed E-state index contributed by atoms with van der Waals surface area (Å²) >= 11 is 0. The predicted octanol–water partition coefficient (Wildman–Crippen LogP) is 4.39. The van der Waals surface area contributed by atoms with Crippen LogP contribution in [0, 0.1) is 6.92 Å². The molecule has 2 rings (SSSR count). The van der Waals surface area contributed by atoms with E-state index < -0.39 is 0 Å². The molecule has 112 valence electrons. The van der Waals surface area contributed by atoms with Gasteiger partial charge in [0.25, 0.3) is 5.91 Å². The third-order valence-electron chi connectivity index (χ3n) is 3.79. The van der Waals surface area contributed by atoms with Crippen LogP contribution in [0.3, 0.4) is 0 Å². The molecule has 1 aliphatic rings. The number of aryl methyl sites for hydroxylation is 1. The van der Waals surface area contributed by atoms with E-state index in [0.29, 0.717) is 5.57 Å². The number of benzene rings is 1. The molecule has 1 aromatic carbocycles. The summed E-state index contributed by atoms with van der Waals surface area (Å²) in [4.78, 5) is 16.3. The van der Waals surface area contributed by atoms with Gasteiger partial charge in [-0.3, -0.25) is 9.69 Å². The fourth-order valence-electron chi connectivity index (χ4n) is 2.63. The summed E-state index contributed by atoms with van der Waals surface area (Å²) in [5.41, 5.74) is 3.65. The van der Waals surface area contributed by atoms with Crippen molar-refractivity contribution in [3.8, 4) is 0 Å². The van der Waals surface area contributed by atoms with E-state index in [1.165, 1.54) is 12.8 Å². The van der Waals surface area contributed by atoms with Crippen molar-refractivity contribution in [2.45, 2.75) is 40.0 Å². The van der Waals surface area contributed by atoms with E-state index in [4.69, 9.17) is 0 Å². The first-order valence-corrected chi connectivity index (χ1v) is 7.54. The Labute approximate surface area is 127 Å². The maximum absolute atomic E-state index is 12.4. The summed E-state index contributed by atoms with van der Waals surface area (Å²) in [5.74, 6) is 0.657. The molecule has 0 saturated carbocycles. The van der Waals surface area contributed by atoms with Crippen molar-refractivity contribution in [2.24, 2.45) is 0 Å². The van der Waals surface area contributed by atoms with Crippen molar-refractivity contribution in [1.29, 1.82) is 0 Å². The summed E-state index contributed by atoms with van der Waals surface area (Å²) in [6.45, 7) is 14.8. The van der Waals surface area contributed by atoms with E-state index in [0.717, 1.165) is 35.7 Å². The summed E-state index contributed by atoms with van der Waals surface area (Å²) in [5, 5.41) is 0. The molecule has 0 radical (unpaired) electrons. The van der Waals surface area contributed by atoms with E-state index in [2.05, 4.69) is 37.1 Å². The Balaban J connectivity index is 2.38. The molecule has 0 N–H and O–H groups in total. The normalized spacial score (nSPS) is 13.6. The second kappa shape index (κ2) is 6.17. The van der Waals surface area contributed by atoms with Gasteiger partial charge in [0.15, 0.2) is 0 Å². The van der Waals surface area contributed by atoms with E-state index >= 15 is 0 Å². The number of anilines is 2. The Morgan fingerprint density at radius 2 is 1.95 bits per heavy atom. The predicted molar refractivity (Wildman–Crippen MR) is 89.5 cm³/mol. The molecule has 0 aromatic heterocycles. The van der Waals surface area contributed by atoms with Gasteiger partial charge in [0.05, 0.1) is 11.4 Å². The van der Waals surface area contributed by atoms with E-state index in [-0.39, 0.29) is 5.91 Å². The van der Waals surface area contributed by atoms with Gasteiger partial charge >= 0.3 is 0 Å². The standard InChI is InChI=1S/C18H24N2O/c1-6-7-8-11-19-15(5)20(18(21)13(2)3)17-12-14(4)9-10-16(17)19/h9-10,12H,2,5-8,11H2,1,3-4H3. The fraction of sp³-hybridized carbons (Fsp3) is 0.389. The SMILES string of the molecule is C=C(C)C(=O)N1C(=C)N(CCCCC)c2ccc(C)cc21. The number of carbonyl (C=O) groups excluding carboxylic acids is 1. The lowest BCUT2D eigenvalue weighted by Gasteiger charge is -2.23. The molecular formula is C18H24N2O. The third kappa shape index (κ3) is 2.87. The summed E-state index contributed by atoms with van der Waals surface area (Å²) in [7, 11) is 0. The van der Waals surface area contributed by atoms with E-state index in [9.17, 15) is 4.79 Å². The van der Waals surface area contributed by atoms with Gasteiger partial charge in [-0.15, -0.1) is 0 Å². The maximum atomic E-state index is 12.4. The van der Waals surface area contributed by atoms with Crippen LogP contribution in [0.25, 0.3) is 0 Å². The van der Waals surface area contributed by atoms with Gasteiger partial charge in [-0.05, 0) is 38.0 Å². The molecule has 0 fully saturated rings. The average molecular weight is 284 g/mol. The van der Waals surface area contributed by atoms with E-state index in [1.54, 1.807) is 11.8 Å². The third-order valence-corrected chi connectivity index (χ3v) is 3.79. The van der Waals surface area contributed by atoms with Crippen LogP contribution in [0.4, 0.5) is 11.4 Å². The van der Waals surface area contributed by atoms with Crippen LogP contribution in [-0.4, -0.2) is 12.5 Å². The second-order valence-electron chi connectivity index (χ2n) is 5.69. The van der Waals surface area contributed by atoms with Crippen LogP contribution in [0.5, 0.6) is 0 Å². The lowest BCUT2D eigenvalue weighted by atomic mass is 10.1. The topological polar surface area (TPSA) is 23.6 Å². The molecule has 1 heterocycles. The monoisotopic (exact) mass is 284 g/mol. The largest absolute Gasteiger partial charge is 0.326 e. The van der Waals surface area contributed by atoms with Crippen LogP contribution in [0.2, 0.25) is 0 Å². The number of amides is 1. The minimum Gasteiger partial charge on any atom is -0.326 e. The zero-order valence-electron chi connectivity index (χ0n) is 13.3. The second-order valence-corrected chi connectivity index (χ2v) is 5.69. The molecule has 0 spiro atoms. The molecule has 1 aliphatic heterocycles. The Kier molecular flexibility index (Phi) is 4.51. The van der Waals surface area contributed by atoms with Gasteiger partial charge in [-0.1, -0.05) is 39.0 Å². The van der Waals surface area contributed by atoms with Crippen molar-refractivity contribution in [3.05, 3.63) is 48.3 Å². The number of unbranched alkanes of at least 4 members (excludes halogenated alkanes) is 2. The first-order valence-electron chi connectivity index (χ1n) is 7.54. The first-order chi connectivity index (χ1) is 9.97. The number of fused-ring (bicyclic) bond motifs is 1. The number of rotatable bonds is 5. The minimum absolute atomic E-state index is 0.0789. The number of carbonyl (C=O) groups is 1. The van der Waals surface area contributed by atoms with Crippen LogP contribution in [0.15, 0.2) is 42.8 Å². The minimum atomic E-state index is -0.0789. The highest BCUT2D eigenvalue weighted by molar-refractivity contribution is 6.11. The molecule has 0 atom stereocenters. The van der Waals surface area contributed by atoms with Gasteiger partial charge in [0, 0.05) is 12.1 Å². The quantitative estimate of drug-likeness (QED) is 0.591. The van der Waals surface area contributed by atoms with Crippen LogP contribution in [0.1, 0.15) is 38.7 Å². The Hall–Kier alpha value is -2.03. The smallest absolute Gasteiger partial charge is 0.259 e. The van der Waals surface area contributed by atoms with Gasteiger partial charge in [-0.2, -0.15) is 0 Å². The number of hydrogen-bond acceptors (Lipinski definition) is 2. The maximum Gasteiger partial charge on any atom is 0.259 e. The lowest BCUT2D eigenvalue weighted by Crippen LogP contribution is -2.33. The van der Waals surface area contributed by atoms with Gasteiger partial charge < -0.3 is 4.90 Å². The Bertz CT molecular complexity index is 589. The van der Waals surface area contributed by atoms with E-state index in [1.807, 2.05) is 13.0 Å². The molecule has 3 heteroatoms. The molecule has 0 saturated heterocycles. The highest BCUT2D eigenvalue weighted by Gasteiger charge is 2.33. The summed E-state index contributed by atoms with van der Waals surface area (Å²) < 4.78 is 0. The highest BCUT2D eigenvalue weighted by Crippen LogP contribution is 2.42. The Morgan fingerprint density at radius 3 is 2.57 bits per heavy atom. The Morgan fingerprint density at radius 1 is 1.24 bits per heavy atom. The van der Waals surface area contributed by atoms with Crippen LogP contribution < -0.4 is 9.80 Å². The molecule has 0 bridgehead atoms. The molecular weight excluding hydrogens is 260 g/mol. The molecule has 1 amide bonds. The van der Waals surface area contributed by atoms with Gasteiger partial charge in [0.1, 0.15) is 5.82 Å². The molecule has 1 aromatic rings. The van der Waals surface area contributed by atoms with Gasteiger partial charge in [-0.25, -0.2) is 0 Å². The van der Waals surface area contributed by atoms with Crippen molar-refractivity contribution < 1.29 is 4.79 Å². The van der Waals surface area contributed by atoms with Crippen molar-refractivity contribution in [2.75, 3.05) is 16.3 Å². The van der Waals surface area contributed by atoms with Gasteiger partial charge in [0.2, 0.25) is 0 Å². The first kappa shape index (κ1) is 15.4.